The summed E-state index contributed by atoms with van der Waals surface area (Å²) in [7, 11) is 0. The zero-order valence-electron chi connectivity index (χ0n) is 11.6. The van der Waals surface area contributed by atoms with Gasteiger partial charge in [0.2, 0.25) is 5.91 Å². The Morgan fingerprint density at radius 1 is 1.29 bits per heavy atom. The lowest BCUT2D eigenvalue weighted by Crippen LogP contribution is -2.31. The lowest BCUT2D eigenvalue weighted by molar-refractivity contribution is -0.137. The molecule has 0 aliphatic carbocycles. The average molecular weight is 330 g/mol. The number of carbonyl (C=O) groups excluding carboxylic acids is 1. The van der Waals surface area contributed by atoms with Gasteiger partial charge in [0.05, 0.1) is 0 Å². The fourth-order valence-corrected chi connectivity index (χ4v) is 2.31. The maximum absolute atomic E-state index is 11.7. The van der Waals surface area contributed by atoms with Gasteiger partial charge in [-0.25, -0.2) is 0 Å². The van der Waals surface area contributed by atoms with Crippen molar-refractivity contribution in [2.75, 3.05) is 0 Å². The summed E-state index contributed by atoms with van der Waals surface area (Å²) < 4.78 is 0. The molecule has 0 spiro atoms. The van der Waals surface area contributed by atoms with Crippen molar-refractivity contribution in [2.45, 2.75) is 32.2 Å². The minimum atomic E-state index is -0.828. The van der Waals surface area contributed by atoms with Crippen molar-refractivity contribution < 1.29 is 14.7 Å². The number of benzene rings is 1. The highest BCUT2D eigenvalue weighted by molar-refractivity contribution is 6.34. The Kier molecular flexibility index (Phi) is 7.26. The van der Waals surface area contributed by atoms with E-state index in [1.807, 2.05) is 6.92 Å². The predicted molar refractivity (Wildman–Crippen MR) is 84.6 cm³/mol. The fraction of sp³-hybridized carbons (Fsp3) is 0.333. The van der Waals surface area contributed by atoms with E-state index in [4.69, 9.17) is 28.3 Å². The number of rotatable bonds is 7. The number of carboxylic acid groups (broad SMARTS) is 1. The van der Waals surface area contributed by atoms with Gasteiger partial charge in [0, 0.05) is 28.6 Å². The second-order valence-electron chi connectivity index (χ2n) is 4.73. The summed E-state index contributed by atoms with van der Waals surface area (Å²) in [5.74, 6) is -1.07. The Morgan fingerprint density at radius 2 is 1.90 bits per heavy atom. The van der Waals surface area contributed by atoms with E-state index >= 15 is 0 Å². The lowest BCUT2D eigenvalue weighted by Gasteiger charge is -2.11. The molecule has 0 bridgehead atoms. The van der Waals surface area contributed by atoms with Gasteiger partial charge in [-0.2, -0.15) is 0 Å². The highest BCUT2D eigenvalue weighted by atomic mass is 35.5. The van der Waals surface area contributed by atoms with Crippen molar-refractivity contribution >= 4 is 41.2 Å². The third-order valence-electron chi connectivity index (χ3n) is 2.73. The van der Waals surface area contributed by atoms with Crippen molar-refractivity contribution in [3.8, 4) is 0 Å². The Balaban J connectivity index is 2.45. The van der Waals surface area contributed by atoms with Crippen molar-refractivity contribution in [3.05, 3.63) is 39.9 Å². The fourth-order valence-electron chi connectivity index (χ4n) is 1.77. The highest BCUT2D eigenvalue weighted by Crippen LogP contribution is 2.19. The van der Waals surface area contributed by atoms with Gasteiger partial charge in [0.25, 0.3) is 0 Å². The van der Waals surface area contributed by atoms with Crippen LogP contribution >= 0.6 is 23.2 Å². The second kappa shape index (κ2) is 8.70. The molecule has 1 atom stereocenters. The van der Waals surface area contributed by atoms with E-state index in [0.29, 0.717) is 22.9 Å². The number of nitrogens with one attached hydrogen (secondary N) is 1. The van der Waals surface area contributed by atoms with Crippen LogP contribution in [0, 0.1) is 0 Å². The quantitative estimate of drug-likeness (QED) is 0.748. The molecule has 1 unspecified atom stereocenters. The van der Waals surface area contributed by atoms with E-state index < -0.39 is 5.97 Å². The van der Waals surface area contributed by atoms with Gasteiger partial charge >= 0.3 is 5.97 Å². The van der Waals surface area contributed by atoms with E-state index in [2.05, 4.69) is 5.32 Å². The monoisotopic (exact) mass is 329 g/mol. The summed E-state index contributed by atoms with van der Waals surface area (Å²) in [5, 5.41) is 12.3. The van der Waals surface area contributed by atoms with E-state index in [9.17, 15) is 9.59 Å². The molecule has 0 saturated carbocycles. The second-order valence-corrected chi connectivity index (χ2v) is 5.60. The number of hydrogen-bond acceptors (Lipinski definition) is 2. The van der Waals surface area contributed by atoms with Gasteiger partial charge < -0.3 is 10.4 Å². The average Bonchev–Trinajstić information content (AvgIpc) is 2.34. The molecule has 1 amide bonds. The number of hydrogen-bond donors (Lipinski definition) is 2. The van der Waals surface area contributed by atoms with E-state index in [-0.39, 0.29) is 18.4 Å². The maximum atomic E-state index is 11.7. The van der Waals surface area contributed by atoms with Crippen LogP contribution in [-0.2, 0) is 9.59 Å². The van der Waals surface area contributed by atoms with Crippen molar-refractivity contribution in [2.24, 2.45) is 0 Å². The van der Waals surface area contributed by atoms with Crippen molar-refractivity contribution in [3.63, 3.8) is 0 Å². The van der Waals surface area contributed by atoms with Crippen molar-refractivity contribution in [1.29, 1.82) is 0 Å². The largest absolute Gasteiger partial charge is 0.481 e. The van der Waals surface area contributed by atoms with E-state index in [0.717, 1.165) is 5.56 Å². The summed E-state index contributed by atoms with van der Waals surface area (Å²) in [4.78, 5) is 22.1. The van der Waals surface area contributed by atoms with E-state index in [1.165, 1.54) is 6.08 Å². The molecule has 1 rings (SSSR count). The predicted octanol–water partition coefficient (Wildman–Crippen LogP) is 3.77. The first-order valence-corrected chi connectivity index (χ1v) is 7.29. The van der Waals surface area contributed by atoms with Gasteiger partial charge in [-0.15, -0.1) is 0 Å². The van der Waals surface area contributed by atoms with Crippen LogP contribution in [0.2, 0.25) is 10.0 Å². The minimum absolute atomic E-state index is 0.0792. The SMILES string of the molecule is CC(CCCC(=O)O)NC(=O)/C=C/c1cc(Cl)cc(Cl)c1. The smallest absolute Gasteiger partial charge is 0.303 e. The van der Waals surface area contributed by atoms with Gasteiger partial charge in [-0.1, -0.05) is 23.2 Å². The standard InChI is InChI=1S/C15H17Cl2NO3/c1-10(3-2-4-15(20)21)18-14(19)6-5-11-7-12(16)9-13(17)8-11/h5-10H,2-4H2,1H3,(H,18,19)(H,20,21)/b6-5+. The number of amides is 1. The number of aliphatic carboxylic acids is 1. The molecule has 21 heavy (non-hydrogen) atoms. The summed E-state index contributed by atoms with van der Waals surface area (Å²) >= 11 is 11.7. The topological polar surface area (TPSA) is 66.4 Å². The molecular weight excluding hydrogens is 313 g/mol. The number of halogens is 2. The van der Waals surface area contributed by atoms with E-state index in [1.54, 1.807) is 24.3 Å². The molecule has 0 aromatic heterocycles. The Hall–Kier alpha value is -1.52. The minimum Gasteiger partial charge on any atom is -0.481 e. The summed E-state index contributed by atoms with van der Waals surface area (Å²) in [5.41, 5.74) is 0.737. The van der Waals surface area contributed by atoms with Crippen molar-refractivity contribution in [1.82, 2.24) is 5.32 Å². The molecular formula is C15H17Cl2NO3. The van der Waals surface area contributed by atoms with Crippen LogP contribution in [0.1, 0.15) is 31.7 Å². The molecule has 0 radical (unpaired) electrons. The molecule has 0 aliphatic rings. The molecule has 0 heterocycles. The van der Waals surface area contributed by atoms with Gasteiger partial charge in [0.15, 0.2) is 0 Å². The van der Waals surface area contributed by atoms with Gasteiger partial charge in [-0.3, -0.25) is 9.59 Å². The molecule has 6 heteroatoms. The number of carboxylic acids is 1. The Morgan fingerprint density at radius 3 is 2.48 bits per heavy atom. The highest BCUT2D eigenvalue weighted by Gasteiger charge is 2.06. The zero-order chi connectivity index (χ0) is 15.8. The lowest BCUT2D eigenvalue weighted by atomic mass is 10.1. The number of carbonyl (C=O) groups is 2. The van der Waals surface area contributed by atoms with Gasteiger partial charge in [-0.05, 0) is 49.6 Å². The first-order valence-electron chi connectivity index (χ1n) is 6.53. The first-order chi connectivity index (χ1) is 9.86. The summed E-state index contributed by atoms with van der Waals surface area (Å²) in [6.45, 7) is 1.84. The molecule has 2 N–H and O–H groups in total. The normalized spacial score (nSPS) is 12.3. The molecule has 0 saturated heterocycles. The maximum Gasteiger partial charge on any atom is 0.303 e. The Labute approximate surface area is 133 Å². The van der Waals surface area contributed by atoms with Crippen LogP contribution in [0.25, 0.3) is 6.08 Å². The molecule has 0 aliphatic heterocycles. The molecule has 1 aromatic carbocycles. The van der Waals surface area contributed by atoms with Crippen LogP contribution in [0.5, 0.6) is 0 Å². The summed E-state index contributed by atoms with van der Waals surface area (Å²) in [6.07, 6.45) is 4.28. The first kappa shape index (κ1) is 17.5. The molecule has 0 fully saturated rings. The van der Waals surface area contributed by atoms with Gasteiger partial charge in [0.1, 0.15) is 0 Å². The molecule has 114 valence electrons. The van der Waals surface area contributed by atoms with Crippen LogP contribution in [0.15, 0.2) is 24.3 Å². The Bertz CT molecular complexity index is 523. The molecule has 1 aromatic rings. The molecule has 4 nitrogen and oxygen atoms in total. The van der Waals surface area contributed by atoms with Crippen LogP contribution < -0.4 is 5.32 Å². The van der Waals surface area contributed by atoms with Crippen LogP contribution in [0.4, 0.5) is 0 Å². The van der Waals surface area contributed by atoms with Crippen LogP contribution in [0.3, 0.4) is 0 Å². The third-order valence-corrected chi connectivity index (χ3v) is 3.16. The summed E-state index contributed by atoms with van der Waals surface area (Å²) in [6, 6.07) is 4.94. The third kappa shape index (κ3) is 7.73. The zero-order valence-corrected chi connectivity index (χ0v) is 13.1. The van der Waals surface area contributed by atoms with Crippen LogP contribution in [-0.4, -0.2) is 23.0 Å².